The molecule has 0 aliphatic heterocycles. The van der Waals surface area contributed by atoms with E-state index in [1.807, 2.05) is 12.1 Å². The Morgan fingerprint density at radius 2 is 1.81 bits per heavy atom. The Kier molecular flexibility index (Phi) is 4.84. The molecule has 1 heterocycles. The number of ether oxygens (including phenoxy) is 3. The number of thiazole rings is 1. The minimum atomic E-state index is -0.382. The number of carbonyl (C=O) groups is 1. The Hall–Kier alpha value is -1.60. The molecule has 2 aromatic rings. The molecular formula is C14H14BrNO4S. The van der Waals surface area contributed by atoms with Gasteiger partial charge in [-0.3, -0.25) is 0 Å². The van der Waals surface area contributed by atoms with Gasteiger partial charge in [-0.15, -0.1) is 11.3 Å². The normalized spacial score (nSPS) is 10.3. The number of nitrogens with zero attached hydrogens (tertiary/aromatic N) is 1. The van der Waals surface area contributed by atoms with Gasteiger partial charge in [0.25, 0.3) is 0 Å². The van der Waals surface area contributed by atoms with Gasteiger partial charge in [-0.25, -0.2) is 9.78 Å². The number of aryl methyl sites for hydroxylation is 1. The molecule has 0 N–H and O–H groups in total. The number of methoxy groups -OCH3 is 3. The highest BCUT2D eigenvalue weighted by atomic mass is 79.9. The first-order valence-corrected chi connectivity index (χ1v) is 7.60. The van der Waals surface area contributed by atoms with Crippen LogP contribution in [0.15, 0.2) is 16.6 Å². The van der Waals surface area contributed by atoms with Gasteiger partial charge in [0.1, 0.15) is 9.88 Å². The second-order valence-corrected chi connectivity index (χ2v) is 5.97. The van der Waals surface area contributed by atoms with Crippen LogP contribution in [0.5, 0.6) is 11.5 Å². The first-order chi connectivity index (χ1) is 10.0. The van der Waals surface area contributed by atoms with E-state index in [9.17, 15) is 4.79 Å². The second-order valence-electron chi connectivity index (χ2n) is 4.11. The van der Waals surface area contributed by atoms with Crippen molar-refractivity contribution < 1.29 is 19.0 Å². The first-order valence-electron chi connectivity index (χ1n) is 5.99. The smallest absolute Gasteiger partial charge is 0.349 e. The fraction of sp³-hybridized carbons (Fsp3) is 0.286. The van der Waals surface area contributed by atoms with Crippen LogP contribution in [0.3, 0.4) is 0 Å². The number of benzene rings is 1. The van der Waals surface area contributed by atoms with Crippen molar-refractivity contribution in [3.8, 4) is 22.1 Å². The Morgan fingerprint density at radius 3 is 2.38 bits per heavy atom. The minimum Gasteiger partial charge on any atom is -0.493 e. The largest absolute Gasteiger partial charge is 0.493 e. The number of aromatic nitrogens is 1. The van der Waals surface area contributed by atoms with Crippen molar-refractivity contribution in [1.29, 1.82) is 0 Å². The number of hydrogen-bond donors (Lipinski definition) is 0. The molecule has 5 nitrogen and oxygen atoms in total. The van der Waals surface area contributed by atoms with Gasteiger partial charge in [-0.1, -0.05) is 0 Å². The number of carbonyl (C=O) groups excluding carboxylic acids is 1. The molecule has 2 rings (SSSR count). The van der Waals surface area contributed by atoms with Gasteiger partial charge in [0.05, 0.1) is 27.0 Å². The third-order valence-corrected chi connectivity index (χ3v) is 4.70. The molecule has 0 fully saturated rings. The van der Waals surface area contributed by atoms with Crippen molar-refractivity contribution in [3.05, 3.63) is 27.2 Å². The van der Waals surface area contributed by atoms with Crippen LogP contribution in [0.4, 0.5) is 0 Å². The topological polar surface area (TPSA) is 57.7 Å². The maximum atomic E-state index is 11.7. The van der Waals surface area contributed by atoms with Crippen LogP contribution in [-0.2, 0) is 4.74 Å². The van der Waals surface area contributed by atoms with Crippen LogP contribution in [0.25, 0.3) is 10.6 Å². The second kappa shape index (κ2) is 6.44. The van der Waals surface area contributed by atoms with E-state index in [4.69, 9.17) is 14.2 Å². The zero-order chi connectivity index (χ0) is 15.6. The minimum absolute atomic E-state index is 0.382. The van der Waals surface area contributed by atoms with Crippen molar-refractivity contribution in [3.63, 3.8) is 0 Å². The third kappa shape index (κ3) is 3.03. The van der Waals surface area contributed by atoms with Gasteiger partial charge < -0.3 is 14.2 Å². The van der Waals surface area contributed by atoms with E-state index in [0.717, 1.165) is 10.0 Å². The molecule has 7 heteroatoms. The average Bonchev–Trinajstić information content (AvgIpc) is 2.87. The summed E-state index contributed by atoms with van der Waals surface area (Å²) in [7, 11) is 4.50. The van der Waals surface area contributed by atoms with E-state index >= 15 is 0 Å². The quantitative estimate of drug-likeness (QED) is 0.767. The van der Waals surface area contributed by atoms with Crippen molar-refractivity contribution in [2.24, 2.45) is 0 Å². The van der Waals surface area contributed by atoms with E-state index in [2.05, 4.69) is 20.9 Å². The summed E-state index contributed by atoms with van der Waals surface area (Å²) in [4.78, 5) is 16.6. The molecule has 0 radical (unpaired) electrons. The lowest BCUT2D eigenvalue weighted by molar-refractivity contribution is 0.0605. The van der Waals surface area contributed by atoms with Crippen molar-refractivity contribution in [2.45, 2.75) is 6.92 Å². The Labute approximate surface area is 135 Å². The summed E-state index contributed by atoms with van der Waals surface area (Å²) < 4.78 is 16.1. The zero-order valence-corrected chi connectivity index (χ0v) is 14.4. The molecule has 0 saturated heterocycles. The highest BCUT2D eigenvalue weighted by molar-refractivity contribution is 9.10. The van der Waals surface area contributed by atoms with E-state index in [-0.39, 0.29) is 5.97 Å². The molecule has 0 aliphatic rings. The Bertz CT molecular complexity index is 684. The fourth-order valence-electron chi connectivity index (χ4n) is 1.81. The van der Waals surface area contributed by atoms with Crippen LogP contribution in [0.2, 0.25) is 0 Å². The predicted octanol–water partition coefficient (Wildman–Crippen LogP) is 3.68. The lowest BCUT2D eigenvalue weighted by atomic mass is 10.2. The predicted molar refractivity (Wildman–Crippen MR) is 84.4 cm³/mol. The van der Waals surface area contributed by atoms with E-state index in [1.165, 1.54) is 18.4 Å². The summed E-state index contributed by atoms with van der Waals surface area (Å²) in [6, 6.07) is 3.63. The van der Waals surface area contributed by atoms with Crippen LogP contribution >= 0.6 is 27.3 Å². The zero-order valence-electron chi connectivity index (χ0n) is 12.0. The standard InChI is InChI=1S/C14H14BrNO4S/c1-7-12(14(17)20-4)21-13(16-7)8-5-10(18-2)11(19-3)6-9(8)15/h5-6H,1-4H3. The van der Waals surface area contributed by atoms with E-state index in [0.29, 0.717) is 27.1 Å². The molecule has 0 aliphatic carbocycles. The monoisotopic (exact) mass is 371 g/mol. The van der Waals surface area contributed by atoms with Crippen LogP contribution in [-0.4, -0.2) is 32.3 Å². The number of hydrogen-bond acceptors (Lipinski definition) is 6. The number of halogens is 1. The third-order valence-electron chi connectivity index (χ3n) is 2.87. The molecular weight excluding hydrogens is 358 g/mol. The molecule has 21 heavy (non-hydrogen) atoms. The molecule has 112 valence electrons. The molecule has 0 saturated carbocycles. The SMILES string of the molecule is COC(=O)c1sc(-c2cc(OC)c(OC)cc2Br)nc1C. The van der Waals surface area contributed by atoms with Gasteiger partial charge in [0.15, 0.2) is 11.5 Å². The summed E-state index contributed by atoms with van der Waals surface area (Å²) in [5, 5.41) is 0.709. The summed E-state index contributed by atoms with van der Waals surface area (Å²) in [5.41, 5.74) is 1.47. The lowest BCUT2D eigenvalue weighted by Gasteiger charge is -2.10. The van der Waals surface area contributed by atoms with Gasteiger partial charge in [0.2, 0.25) is 0 Å². The van der Waals surface area contributed by atoms with E-state index in [1.54, 1.807) is 21.1 Å². The first kappa shape index (κ1) is 15.8. The summed E-state index contributed by atoms with van der Waals surface area (Å²) in [6.45, 7) is 1.78. The number of rotatable bonds is 4. The van der Waals surface area contributed by atoms with Crippen molar-refractivity contribution in [2.75, 3.05) is 21.3 Å². The molecule has 0 amide bonds. The molecule has 0 unspecified atom stereocenters. The van der Waals surface area contributed by atoms with Gasteiger partial charge in [-0.2, -0.15) is 0 Å². The summed E-state index contributed by atoms with van der Waals surface area (Å²) in [5.74, 6) is 0.839. The van der Waals surface area contributed by atoms with Gasteiger partial charge >= 0.3 is 5.97 Å². The molecule has 0 atom stereocenters. The lowest BCUT2D eigenvalue weighted by Crippen LogP contribution is -1.99. The Balaban J connectivity index is 2.54. The van der Waals surface area contributed by atoms with Crippen LogP contribution in [0.1, 0.15) is 15.4 Å². The molecule has 0 bridgehead atoms. The Morgan fingerprint density at radius 1 is 1.19 bits per heavy atom. The highest BCUT2D eigenvalue weighted by Gasteiger charge is 2.19. The van der Waals surface area contributed by atoms with Crippen LogP contribution < -0.4 is 9.47 Å². The van der Waals surface area contributed by atoms with Crippen molar-refractivity contribution >= 4 is 33.2 Å². The van der Waals surface area contributed by atoms with Gasteiger partial charge in [-0.05, 0) is 35.0 Å². The highest BCUT2D eigenvalue weighted by Crippen LogP contribution is 2.40. The fourth-order valence-corrected chi connectivity index (χ4v) is 3.47. The molecule has 0 spiro atoms. The van der Waals surface area contributed by atoms with E-state index < -0.39 is 0 Å². The maximum Gasteiger partial charge on any atom is 0.349 e. The van der Waals surface area contributed by atoms with Gasteiger partial charge in [0, 0.05) is 10.0 Å². The summed E-state index contributed by atoms with van der Waals surface area (Å²) in [6.07, 6.45) is 0. The van der Waals surface area contributed by atoms with Crippen LogP contribution in [0, 0.1) is 6.92 Å². The molecule has 1 aromatic carbocycles. The summed E-state index contributed by atoms with van der Waals surface area (Å²) >= 11 is 4.77. The number of esters is 1. The van der Waals surface area contributed by atoms with Crippen molar-refractivity contribution in [1.82, 2.24) is 4.98 Å². The maximum absolute atomic E-state index is 11.7. The molecule has 1 aromatic heterocycles. The average molecular weight is 372 g/mol.